The van der Waals surface area contributed by atoms with Gasteiger partial charge < -0.3 is 15.8 Å². The van der Waals surface area contributed by atoms with Crippen LogP contribution in [0.5, 0.6) is 5.75 Å². The van der Waals surface area contributed by atoms with E-state index in [2.05, 4.69) is 19.2 Å². The monoisotopic (exact) mass is 264 g/mol. The molecule has 0 saturated carbocycles. The van der Waals surface area contributed by atoms with E-state index >= 15 is 0 Å². The van der Waals surface area contributed by atoms with Crippen molar-refractivity contribution in [3.63, 3.8) is 0 Å². The maximum absolute atomic E-state index is 11.8. The summed E-state index contributed by atoms with van der Waals surface area (Å²) in [6.07, 6.45) is 0. The van der Waals surface area contributed by atoms with Crippen molar-refractivity contribution in [3.05, 3.63) is 23.3 Å². The Morgan fingerprint density at radius 2 is 1.79 bits per heavy atom. The van der Waals surface area contributed by atoms with Crippen LogP contribution in [0.1, 0.15) is 31.9 Å². The van der Waals surface area contributed by atoms with Gasteiger partial charge in [-0.25, -0.2) is 0 Å². The van der Waals surface area contributed by atoms with Gasteiger partial charge >= 0.3 is 0 Å². The third-order valence-electron chi connectivity index (χ3n) is 3.22. The highest BCUT2D eigenvalue weighted by Gasteiger charge is 2.12. The second kappa shape index (κ2) is 6.45. The fraction of sp³-hybridized carbons (Fsp3) is 0.533. The lowest BCUT2D eigenvalue weighted by atomic mass is 10.1. The smallest absolute Gasteiger partial charge is 0.258 e. The summed E-state index contributed by atoms with van der Waals surface area (Å²) in [4.78, 5) is 11.8. The standard InChI is InChI=1S/C15H24N2O2/c1-9(2)12(5)17-14(18)8-19-15-10(3)6-13(16)7-11(15)4/h6-7,9,12H,8,16H2,1-5H3,(H,17,18). The fourth-order valence-electron chi connectivity index (χ4n) is 1.81. The molecule has 0 aromatic heterocycles. The molecule has 0 aliphatic heterocycles. The quantitative estimate of drug-likeness (QED) is 0.803. The molecule has 1 amide bonds. The minimum absolute atomic E-state index is 0.0304. The Morgan fingerprint density at radius 3 is 2.26 bits per heavy atom. The number of nitrogens with two attached hydrogens (primary N) is 1. The van der Waals surface area contributed by atoms with Gasteiger partial charge in [0.15, 0.2) is 6.61 Å². The molecule has 3 N–H and O–H groups in total. The molecule has 19 heavy (non-hydrogen) atoms. The van der Waals surface area contributed by atoms with E-state index in [4.69, 9.17) is 10.5 Å². The van der Waals surface area contributed by atoms with E-state index in [1.54, 1.807) is 0 Å². The van der Waals surface area contributed by atoms with E-state index < -0.39 is 0 Å². The number of nitrogen functional groups attached to an aromatic ring is 1. The second-order valence-electron chi connectivity index (χ2n) is 5.37. The molecule has 1 rings (SSSR count). The van der Waals surface area contributed by atoms with Crippen molar-refractivity contribution in [2.75, 3.05) is 12.3 Å². The second-order valence-corrected chi connectivity index (χ2v) is 5.37. The number of nitrogens with one attached hydrogen (secondary N) is 1. The molecule has 0 saturated heterocycles. The van der Waals surface area contributed by atoms with Gasteiger partial charge in [0, 0.05) is 11.7 Å². The summed E-state index contributed by atoms with van der Waals surface area (Å²) in [6.45, 7) is 10.0. The number of carbonyl (C=O) groups is 1. The van der Waals surface area contributed by atoms with E-state index in [1.165, 1.54) is 0 Å². The molecule has 106 valence electrons. The largest absolute Gasteiger partial charge is 0.483 e. The minimum Gasteiger partial charge on any atom is -0.483 e. The van der Waals surface area contributed by atoms with Crippen LogP contribution in [0.4, 0.5) is 5.69 Å². The molecule has 0 heterocycles. The van der Waals surface area contributed by atoms with Gasteiger partial charge in [0.05, 0.1) is 0 Å². The maximum Gasteiger partial charge on any atom is 0.258 e. The van der Waals surface area contributed by atoms with Crippen LogP contribution in [0.3, 0.4) is 0 Å². The van der Waals surface area contributed by atoms with E-state index in [0.717, 1.165) is 16.9 Å². The van der Waals surface area contributed by atoms with Crippen LogP contribution in [-0.4, -0.2) is 18.6 Å². The molecule has 0 fully saturated rings. The first-order valence-corrected chi connectivity index (χ1v) is 6.60. The Hall–Kier alpha value is -1.71. The average molecular weight is 264 g/mol. The minimum atomic E-state index is -0.100. The fourth-order valence-corrected chi connectivity index (χ4v) is 1.81. The van der Waals surface area contributed by atoms with Gasteiger partial charge in [0.25, 0.3) is 5.91 Å². The Balaban J connectivity index is 2.60. The number of aryl methyl sites for hydroxylation is 2. The summed E-state index contributed by atoms with van der Waals surface area (Å²) < 4.78 is 5.60. The van der Waals surface area contributed by atoms with Crippen molar-refractivity contribution in [2.45, 2.75) is 40.7 Å². The molecule has 4 nitrogen and oxygen atoms in total. The zero-order chi connectivity index (χ0) is 14.6. The first kappa shape index (κ1) is 15.3. The van der Waals surface area contributed by atoms with Crippen molar-refractivity contribution in [1.29, 1.82) is 0 Å². The van der Waals surface area contributed by atoms with Crippen molar-refractivity contribution in [1.82, 2.24) is 5.32 Å². The predicted octanol–water partition coefficient (Wildman–Crippen LogP) is 2.43. The van der Waals surface area contributed by atoms with E-state index in [1.807, 2.05) is 32.9 Å². The summed E-state index contributed by atoms with van der Waals surface area (Å²) >= 11 is 0. The Bertz CT molecular complexity index is 432. The number of benzene rings is 1. The lowest BCUT2D eigenvalue weighted by Gasteiger charge is -2.18. The zero-order valence-electron chi connectivity index (χ0n) is 12.4. The van der Waals surface area contributed by atoms with Gasteiger partial charge in [0.1, 0.15) is 5.75 Å². The molecule has 4 heteroatoms. The lowest BCUT2D eigenvalue weighted by molar-refractivity contribution is -0.124. The van der Waals surface area contributed by atoms with Crippen molar-refractivity contribution >= 4 is 11.6 Å². The maximum atomic E-state index is 11.8. The summed E-state index contributed by atoms with van der Waals surface area (Å²) in [7, 11) is 0. The molecular weight excluding hydrogens is 240 g/mol. The van der Waals surface area contributed by atoms with Crippen molar-refractivity contribution in [3.8, 4) is 5.75 Å². The van der Waals surface area contributed by atoms with Crippen LogP contribution in [0.2, 0.25) is 0 Å². The van der Waals surface area contributed by atoms with E-state index in [-0.39, 0.29) is 18.6 Å². The normalized spacial score (nSPS) is 12.3. The molecule has 0 spiro atoms. The van der Waals surface area contributed by atoms with Crippen LogP contribution in [-0.2, 0) is 4.79 Å². The Morgan fingerprint density at radius 1 is 1.26 bits per heavy atom. The summed E-state index contributed by atoms with van der Waals surface area (Å²) in [6, 6.07) is 3.83. The Labute approximate surface area is 115 Å². The van der Waals surface area contributed by atoms with Crippen LogP contribution >= 0.6 is 0 Å². The van der Waals surface area contributed by atoms with Crippen molar-refractivity contribution in [2.24, 2.45) is 5.92 Å². The van der Waals surface area contributed by atoms with Gasteiger partial charge in [0.2, 0.25) is 0 Å². The molecule has 1 unspecified atom stereocenters. The van der Waals surface area contributed by atoms with Gasteiger partial charge in [-0.05, 0) is 49.9 Å². The zero-order valence-corrected chi connectivity index (χ0v) is 12.4. The van der Waals surface area contributed by atoms with Crippen LogP contribution in [0.25, 0.3) is 0 Å². The number of rotatable bonds is 5. The molecule has 1 aromatic carbocycles. The topological polar surface area (TPSA) is 64.3 Å². The SMILES string of the molecule is Cc1cc(N)cc(C)c1OCC(=O)NC(C)C(C)C. The molecular formula is C15H24N2O2. The number of ether oxygens (including phenoxy) is 1. The highest BCUT2D eigenvalue weighted by Crippen LogP contribution is 2.25. The van der Waals surface area contributed by atoms with Gasteiger partial charge in [-0.2, -0.15) is 0 Å². The molecule has 0 bridgehead atoms. The van der Waals surface area contributed by atoms with E-state index in [0.29, 0.717) is 11.6 Å². The molecule has 0 radical (unpaired) electrons. The average Bonchev–Trinajstić information content (AvgIpc) is 2.27. The number of hydrogen-bond acceptors (Lipinski definition) is 3. The first-order chi connectivity index (χ1) is 8.81. The lowest BCUT2D eigenvalue weighted by Crippen LogP contribution is -2.39. The summed E-state index contributed by atoms with van der Waals surface area (Å²) in [5, 5.41) is 2.91. The molecule has 0 aliphatic rings. The van der Waals surface area contributed by atoms with Crippen LogP contribution in [0.15, 0.2) is 12.1 Å². The number of anilines is 1. The molecule has 1 atom stereocenters. The first-order valence-electron chi connectivity index (χ1n) is 6.60. The molecule has 0 aliphatic carbocycles. The number of hydrogen-bond donors (Lipinski definition) is 2. The van der Waals surface area contributed by atoms with Gasteiger partial charge in [-0.15, -0.1) is 0 Å². The van der Waals surface area contributed by atoms with Crippen molar-refractivity contribution < 1.29 is 9.53 Å². The third kappa shape index (κ3) is 4.47. The van der Waals surface area contributed by atoms with Gasteiger partial charge in [-0.1, -0.05) is 13.8 Å². The molecule has 1 aromatic rings. The predicted molar refractivity (Wildman–Crippen MR) is 78.3 cm³/mol. The number of amides is 1. The summed E-state index contributed by atoms with van der Waals surface area (Å²) in [5.41, 5.74) is 8.35. The highest BCUT2D eigenvalue weighted by atomic mass is 16.5. The Kier molecular flexibility index (Phi) is 5.21. The van der Waals surface area contributed by atoms with E-state index in [9.17, 15) is 4.79 Å². The summed E-state index contributed by atoms with van der Waals surface area (Å²) in [5.74, 6) is 1.04. The third-order valence-corrected chi connectivity index (χ3v) is 3.22. The van der Waals surface area contributed by atoms with Gasteiger partial charge in [-0.3, -0.25) is 4.79 Å². The van der Waals surface area contributed by atoms with Crippen LogP contribution in [0, 0.1) is 19.8 Å². The van der Waals surface area contributed by atoms with Crippen LogP contribution < -0.4 is 15.8 Å². The highest BCUT2D eigenvalue weighted by molar-refractivity contribution is 5.78. The number of carbonyl (C=O) groups excluding carboxylic acids is 1.